The highest BCUT2D eigenvalue weighted by Gasteiger charge is 2.32. The summed E-state index contributed by atoms with van der Waals surface area (Å²) in [6, 6.07) is 49.6. The van der Waals surface area contributed by atoms with Crippen LogP contribution in [0.5, 0.6) is 0 Å². The van der Waals surface area contributed by atoms with Crippen LogP contribution in [0, 0.1) is 6.92 Å². The molecule has 1 aliphatic rings. The van der Waals surface area contributed by atoms with Crippen LogP contribution in [-0.2, 0) is 13.1 Å². The minimum absolute atomic E-state index is 0.185. The zero-order valence-electron chi connectivity index (χ0n) is 24.7. The fourth-order valence-corrected chi connectivity index (χ4v) is 7.41. The molecule has 1 heterocycles. The van der Waals surface area contributed by atoms with Crippen LogP contribution in [0.1, 0.15) is 34.8 Å². The molecule has 0 atom stereocenters. The van der Waals surface area contributed by atoms with Crippen molar-refractivity contribution in [2.75, 3.05) is 13.1 Å². The first kappa shape index (κ1) is 26.2. The maximum absolute atomic E-state index is 2.73. The van der Waals surface area contributed by atoms with Crippen molar-refractivity contribution in [3.05, 3.63) is 156 Å². The first-order valence-electron chi connectivity index (χ1n) is 15.6. The number of rotatable bonds is 5. The molecule has 0 unspecified atom stereocenters. The summed E-state index contributed by atoms with van der Waals surface area (Å²) in [6.07, 6.45) is 1.33. The molecule has 0 amide bonds. The molecule has 1 saturated heterocycles. The van der Waals surface area contributed by atoms with Crippen LogP contribution in [0.4, 0.5) is 0 Å². The van der Waals surface area contributed by atoms with Crippen LogP contribution >= 0.6 is 0 Å². The van der Waals surface area contributed by atoms with Gasteiger partial charge in [-0.05, 0) is 85.3 Å². The monoisotopic (exact) mass is 556 g/mol. The van der Waals surface area contributed by atoms with Gasteiger partial charge in [-0.2, -0.15) is 0 Å². The van der Waals surface area contributed by atoms with Crippen molar-refractivity contribution in [1.82, 2.24) is 9.80 Å². The average Bonchev–Trinajstić information content (AvgIpc) is 3.05. The summed E-state index contributed by atoms with van der Waals surface area (Å²) in [7, 11) is 0. The molecule has 0 saturated carbocycles. The second kappa shape index (κ2) is 11.0. The third-order valence-electron chi connectivity index (χ3n) is 9.45. The zero-order chi connectivity index (χ0) is 28.8. The van der Waals surface area contributed by atoms with Gasteiger partial charge in [0.25, 0.3) is 0 Å². The second-order valence-corrected chi connectivity index (χ2v) is 12.2. The van der Waals surface area contributed by atoms with Crippen LogP contribution in [0.15, 0.2) is 133 Å². The topological polar surface area (TPSA) is 6.48 Å². The fraction of sp³-hybridized carbons (Fsp3) is 0.171. The van der Waals surface area contributed by atoms with Crippen LogP contribution in [0.2, 0.25) is 0 Å². The van der Waals surface area contributed by atoms with Gasteiger partial charge < -0.3 is 0 Å². The van der Waals surface area contributed by atoms with Gasteiger partial charge >= 0.3 is 0 Å². The Morgan fingerprint density at radius 2 is 0.860 bits per heavy atom. The first-order valence-corrected chi connectivity index (χ1v) is 15.6. The lowest BCUT2D eigenvalue weighted by atomic mass is 9.94. The normalized spacial score (nSPS) is 15.2. The van der Waals surface area contributed by atoms with E-state index in [2.05, 4.69) is 150 Å². The standard InChI is InChI=1S/C41H36N2/c1-29-19-21-30(22-20-29)41-42(27-39-35-15-6-2-11-31(35)25-32-12-3-7-16-36(32)39)23-10-24-43(41)28-40-37-17-8-4-13-33(37)26-34-14-5-9-18-38(34)40/h2-9,11-22,25-26,41H,10,23-24,27-28H2,1H3. The molecule has 0 aliphatic carbocycles. The third-order valence-corrected chi connectivity index (χ3v) is 9.45. The smallest absolute Gasteiger partial charge is 0.0892 e. The lowest BCUT2D eigenvalue weighted by molar-refractivity contribution is -0.00814. The van der Waals surface area contributed by atoms with E-state index in [1.807, 2.05) is 0 Å². The van der Waals surface area contributed by atoms with E-state index in [9.17, 15) is 0 Å². The van der Waals surface area contributed by atoms with Gasteiger partial charge in [-0.15, -0.1) is 0 Å². The van der Waals surface area contributed by atoms with Crippen LogP contribution in [0.25, 0.3) is 43.1 Å². The predicted molar refractivity (Wildman–Crippen MR) is 182 cm³/mol. The summed E-state index contributed by atoms with van der Waals surface area (Å²) >= 11 is 0. The Labute approximate surface area is 253 Å². The number of aryl methyl sites for hydroxylation is 1. The number of hydrogen-bond acceptors (Lipinski definition) is 2. The molecule has 0 bridgehead atoms. The highest BCUT2D eigenvalue weighted by atomic mass is 15.4. The van der Waals surface area contributed by atoms with E-state index in [1.54, 1.807) is 0 Å². The van der Waals surface area contributed by atoms with Gasteiger partial charge in [-0.1, -0.05) is 127 Å². The molecule has 0 spiro atoms. The molecule has 7 aromatic carbocycles. The van der Waals surface area contributed by atoms with Crippen molar-refractivity contribution < 1.29 is 0 Å². The third kappa shape index (κ3) is 4.77. The maximum Gasteiger partial charge on any atom is 0.0892 e. The molecule has 0 N–H and O–H groups in total. The zero-order valence-corrected chi connectivity index (χ0v) is 24.7. The lowest BCUT2D eigenvalue weighted by Crippen LogP contribution is -2.47. The Balaban J connectivity index is 1.26. The molecule has 0 aromatic heterocycles. The summed E-state index contributed by atoms with van der Waals surface area (Å²) in [5.74, 6) is 0. The van der Waals surface area contributed by atoms with E-state index in [4.69, 9.17) is 0 Å². The maximum atomic E-state index is 2.73. The minimum atomic E-state index is 0.185. The van der Waals surface area contributed by atoms with E-state index in [0.717, 1.165) is 32.6 Å². The predicted octanol–water partition coefficient (Wildman–Crippen LogP) is 10.0. The number of benzene rings is 7. The molecule has 7 aromatic rings. The Kier molecular flexibility index (Phi) is 6.67. The molecule has 1 fully saturated rings. The minimum Gasteiger partial charge on any atom is -0.280 e. The molecule has 210 valence electrons. The molecule has 2 heteroatoms. The largest absolute Gasteiger partial charge is 0.280 e. The number of fused-ring (bicyclic) bond motifs is 4. The van der Waals surface area contributed by atoms with Crippen molar-refractivity contribution in [1.29, 1.82) is 0 Å². The number of hydrogen-bond donors (Lipinski definition) is 0. The van der Waals surface area contributed by atoms with Crippen LogP contribution in [-0.4, -0.2) is 22.9 Å². The number of nitrogens with zero attached hydrogens (tertiary/aromatic N) is 2. The Hall–Kier alpha value is -4.50. The second-order valence-electron chi connectivity index (χ2n) is 12.2. The molecular weight excluding hydrogens is 520 g/mol. The molecule has 43 heavy (non-hydrogen) atoms. The average molecular weight is 557 g/mol. The van der Waals surface area contributed by atoms with E-state index >= 15 is 0 Å². The molecule has 1 aliphatic heterocycles. The van der Waals surface area contributed by atoms with Crippen molar-refractivity contribution in [2.24, 2.45) is 0 Å². The SMILES string of the molecule is Cc1ccc(C2N(Cc3c4ccccc4cc4ccccc34)CCCN2Cc2c3ccccc3cc3ccccc23)cc1. The summed E-state index contributed by atoms with van der Waals surface area (Å²) in [4.78, 5) is 5.46. The highest BCUT2D eigenvalue weighted by molar-refractivity contribution is 6.03. The molecule has 8 rings (SSSR count). The van der Waals surface area contributed by atoms with Gasteiger partial charge in [0.05, 0.1) is 6.17 Å². The molecular formula is C41H36N2. The Morgan fingerprint density at radius 1 is 0.488 bits per heavy atom. The van der Waals surface area contributed by atoms with Gasteiger partial charge in [0.2, 0.25) is 0 Å². The summed E-state index contributed by atoms with van der Waals surface area (Å²) in [5, 5.41) is 10.7. The van der Waals surface area contributed by atoms with Gasteiger partial charge in [-0.3, -0.25) is 9.80 Å². The first-order chi connectivity index (χ1) is 21.2. The summed E-state index contributed by atoms with van der Waals surface area (Å²) < 4.78 is 0. The van der Waals surface area contributed by atoms with Crippen molar-refractivity contribution in [2.45, 2.75) is 32.6 Å². The van der Waals surface area contributed by atoms with Crippen molar-refractivity contribution in [3.8, 4) is 0 Å². The summed E-state index contributed by atoms with van der Waals surface area (Å²) in [6.45, 7) is 6.15. The lowest BCUT2D eigenvalue weighted by Gasteiger charge is -2.45. The van der Waals surface area contributed by atoms with E-state index in [1.165, 1.54) is 65.3 Å². The van der Waals surface area contributed by atoms with Crippen molar-refractivity contribution >= 4 is 43.1 Å². The van der Waals surface area contributed by atoms with E-state index in [0.29, 0.717) is 0 Å². The molecule has 2 nitrogen and oxygen atoms in total. The fourth-order valence-electron chi connectivity index (χ4n) is 7.41. The Morgan fingerprint density at radius 3 is 1.26 bits per heavy atom. The van der Waals surface area contributed by atoms with Crippen LogP contribution in [0.3, 0.4) is 0 Å². The quantitative estimate of drug-likeness (QED) is 0.195. The highest BCUT2D eigenvalue weighted by Crippen LogP contribution is 2.38. The summed E-state index contributed by atoms with van der Waals surface area (Å²) in [5.41, 5.74) is 5.55. The van der Waals surface area contributed by atoms with Gasteiger partial charge in [-0.25, -0.2) is 0 Å². The van der Waals surface area contributed by atoms with E-state index in [-0.39, 0.29) is 6.17 Å². The van der Waals surface area contributed by atoms with Gasteiger partial charge in [0.15, 0.2) is 0 Å². The molecule has 0 radical (unpaired) electrons. The van der Waals surface area contributed by atoms with Crippen LogP contribution < -0.4 is 0 Å². The van der Waals surface area contributed by atoms with Gasteiger partial charge in [0, 0.05) is 26.2 Å². The van der Waals surface area contributed by atoms with Crippen molar-refractivity contribution in [3.63, 3.8) is 0 Å². The van der Waals surface area contributed by atoms with E-state index < -0.39 is 0 Å². The van der Waals surface area contributed by atoms with Gasteiger partial charge in [0.1, 0.15) is 0 Å². The Bertz CT molecular complexity index is 1860.